The van der Waals surface area contributed by atoms with Gasteiger partial charge in [-0.05, 0) is 26.3 Å². The van der Waals surface area contributed by atoms with Crippen molar-refractivity contribution >= 4 is 5.97 Å². The van der Waals surface area contributed by atoms with Gasteiger partial charge in [0.15, 0.2) is 0 Å². The van der Waals surface area contributed by atoms with Gasteiger partial charge in [-0.2, -0.15) is 10.1 Å². The number of hydrogen-bond donors (Lipinski definition) is 0. The van der Waals surface area contributed by atoms with Gasteiger partial charge >= 0.3 is 5.97 Å². The Morgan fingerprint density at radius 2 is 1.88 bits per heavy atom. The van der Waals surface area contributed by atoms with Crippen LogP contribution < -0.4 is 0 Å². The summed E-state index contributed by atoms with van der Waals surface area (Å²) in [4.78, 5) is 21.0. The molecule has 0 N–H and O–H groups in total. The van der Waals surface area contributed by atoms with E-state index < -0.39 is 17.5 Å². The van der Waals surface area contributed by atoms with Crippen molar-refractivity contribution in [1.29, 1.82) is 5.26 Å². The molecule has 1 aromatic rings. The van der Waals surface area contributed by atoms with Gasteiger partial charge in [-0.25, -0.2) is 4.79 Å². The Labute approximate surface area is 101 Å². The number of benzene rings is 1. The van der Waals surface area contributed by atoms with Gasteiger partial charge in [0.2, 0.25) is 6.10 Å². The minimum atomic E-state index is -0.900. The van der Waals surface area contributed by atoms with Crippen LogP contribution in [0.15, 0.2) is 30.3 Å². The Morgan fingerprint density at radius 3 is 2.35 bits per heavy atom. The molecule has 1 rings (SSSR count). The van der Waals surface area contributed by atoms with E-state index >= 15 is 0 Å². The van der Waals surface area contributed by atoms with Crippen molar-refractivity contribution in [2.45, 2.75) is 26.9 Å². The van der Waals surface area contributed by atoms with Gasteiger partial charge in [-0.15, -0.1) is 0 Å². The fraction of sp³-hybridized carbons (Fsp3) is 0.385. The van der Waals surface area contributed by atoms with Crippen molar-refractivity contribution in [3.05, 3.63) is 35.9 Å². The first-order chi connectivity index (χ1) is 7.95. The normalized spacial score (nSPS) is 12.6. The van der Waals surface area contributed by atoms with E-state index in [9.17, 15) is 4.79 Å². The first kappa shape index (κ1) is 13.2. The lowest BCUT2D eigenvalue weighted by atomic mass is 9.98. The third-order valence-electron chi connectivity index (χ3n) is 2.05. The summed E-state index contributed by atoms with van der Waals surface area (Å²) >= 11 is 0. The second-order valence-corrected chi connectivity index (χ2v) is 4.64. The lowest BCUT2D eigenvalue weighted by Gasteiger charge is -2.16. The van der Waals surface area contributed by atoms with Gasteiger partial charge in [-0.1, -0.05) is 30.3 Å². The number of carbonyl (C=O) groups is 1. The molecule has 0 spiro atoms. The summed E-state index contributed by atoms with van der Waals surface area (Å²) in [7, 11) is 0. The van der Waals surface area contributed by atoms with Crippen LogP contribution in [0.25, 0.3) is 0 Å². The van der Waals surface area contributed by atoms with Crippen molar-refractivity contribution in [3.63, 3.8) is 0 Å². The second kappa shape index (κ2) is 5.46. The van der Waals surface area contributed by atoms with E-state index in [-0.39, 0.29) is 0 Å². The molecule has 1 atom stereocenters. The number of nitriles is 1. The standard InChI is InChI=1S/C13H15NO3/c1-13(2,3)12(15)17-16-11(9-14)10-7-5-4-6-8-10/h4-8,11H,1-3H3. The fourth-order valence-corrected chi connectivity index (χ4v) is 0.996. The van der Waals surface area contributed by atoms with Gasteiger partial charge in [0, 0.05) is 0 Å². The van der Waals surface area contributed by atoms with Crippen LogP contribution in [0.5, 0.6) is 0 Å². The van der Waals surface area contributed by atoms with Crippen LogP contribution in [0.1, 0.15) is 32.4 Å². The van der Waals surface area contributed by atoms with Gasteiger partial charge in [0.25, 0.3) is 0 Å². The molecule has 0 heterocycles. The monoisotopic (exact) mass is 233 g/mol. The van der Waals surface area contributed by atoms with E-state index in [1.807, 2.05) is 12.1 Å². The smallest absolute Gasteiger partial charge is 0.296 e. The molecule has 1 unspecified atom stereocenters. The third kappa shape index (κ3) is 3.89. The van der Waals surface area contributed by atoms with Crippen LogP contribution in [0, 0.1) is 16.7 Å². The van der Waals surface area contributed by atoms with Crippen LogP contribution in [-0.2, 0) is 14.6 Å². The van der Waals surface area contributed by atoms with Crippen molar-refractivity contribution in [2.24, 2.45) is 5.41 Å². The lowest BCUT2D eigenvalue weighted by molar-refractivity contribution is -0.296. The predicted molar refractivity (Wildman–Crippen MR) is 61.4 cm³/mol. The van der Waals surface area contributed by atoms with E-state index in [1.54, 1.807) is 45.0 Å². The molecule has 0 aliphatic heterocycles. The van der Waals surface area contributed by atoms with Crippen LogP contribution in [0.2, 0.25) is 0 Å². The van der Waals surface area contributed by atoms with Crippen LogP contribution in [0.4, 0.5) is 0 Å². The van der Waals surface area contributed by atoms with Crippen LogP contribution in [-0.4, -0.2) is 5.97 Å². The van der Waals surface area contributed by atoms with E-state index in [0.717, 1.165) is 0 Å². The van der Waals surface area contributed by atoms with Crippen LogP contribution in [0.3, 0.4) is 0 Å². The average molecular weight is 233 g/mol. The molecular formula is C13H15NO3. The van der Waals surface area contributed by atoms with Gasteiger partial charge in [0.05, 0.1) is 5.41 Å². The highest BCUT2D eigenvalue weighted by atomic mass is 17.2. The molecular weight excluding hydrogens is 218 g/mol. The minimum Gasteiger partial charge on any atom is -0.296 e. The molecule has 0 aliphatic carbocycles. The Bertz CT molecular complexity index is 415. The quantitative estimate of drug-likeness (QED) is 0.595. The van der Waals surface area contributed by atoms with Gasteiger partial charge < -0.3 is 0 Å². The SMILES string of the molecule is CC(C)(C)C(=O)OOC(C#N)c1ccccc1. The summed E-state index contributed by atoms with van der Waals surface area (Å²) in [6.07, 6.45) is -0.900. The van der Waals surface area contributed by atoms with E-state index in [4.69, 9.17) is 10.1 Å². The molecule has 0 saturated heterocycles. The van der Waals surface area contributed by atoms with E-state index in [0.29, 0.717) is 5.56 Å². The van der Waals surface area contributed by atoms with Crippen molar-refractivity contribution in [2.75, 3.05) is 0 Å². The Hall–Kier alpha value is -1.86. The van der Waals surface area contributed by atoms with Crippen molar-refractivity contribution in [1.82, 2.24) is 0 Å². The highest BCUT2D eigenvalue weighted by Gasteiger charge is 2.26. The molecule has 0 fully saturated rings. The van der Waals surface area contributed by atoms with Crippen molar-refractivity contribution in [3.8, 4) is 6.07 Å². The predicted octanol–water partition coefficient (Wildman–Crippen LogP) is 2.77. The summed E-state index contributed by atoms with van der Waals surface area (Å²) in [6.45, 7) is 5.13. The van der Waals surface area contributed by atoms with E-state index in [2.05, 4.69) is 4.89 Å². The maximum atomic E-state index is 11.5. The van der Waals surface area contributed by atoms with Crippen LogP contribution >= 0.6 is 0 Å². The minimum absolute atomic E-state index is 0.506. The molecule has 0 bridgehead atoms. The van der Waals surface area contributed by atoms with Gasteiger partial charge in [0.1, 0.15) is 6.07 Å². The fourth-order valence-electron chi connectivity index (χ4n) is 0.996. The zero-order valence-corrected chi connectivity index (χ0v) is 10.1. The first-order valence-corrected chi connectivity index (χ1v) is 5.27. The van der Waals surface area contributed by atoms with Crippen molar-refractivity contribution < 1.29 is 14.6 Å². The summed E-state index contributed by atoms with van der Waals surface area (Å²) in [5, 5.41) is 8.93. The summed E-state index contributed by atoms with van der Waals surface area (Å²) in [6, 6.07) is 10.8. The highest BCUT2D eigenvalue weighted by Crippen LogP contribution is 2.20. The first-order valence-electron chi connectivity index (χ1n) is 5.27. The second-order valence-electron chi connectivity index (χ2n) is 4.64. The summed E-state index contributed by atoms with van der Waals surface area (Å²) in [5.41, 5.74) is -0.00633. The topological polar surface area (TPSA) is 59.3 Å². The highest BCUT2D eigenvalue weighted by molar-refractivity contribution is 5.74. The summed E-state index contributed by atoms with van der Waals surface area (Å²) in [5.74, 6) is -0.506. The molecule has 4 heteroatoms. The molecule has 0 saturated carbocycles. The molecule has 0 radical (unpaired) electrons. The van der Waals surface area contributed by atoms with E-state index in [1.165, 1.54) is 0 Å². The Balaban J connectivity index is 2.62. The van der Waals surface area contributed by atoms with Gasteiger partial charge in [-0.3, -0.25) is 4.89 Å². The Morgan fingerprint density at radius 1 is 1.29 bits per heavy atom. The largest absolute Gasteiger partial charge is 0.347 e. The lowest BCUT2D eigenvalue weighted by Crippen LogP contribution is -2.23. The molecule has 0 aliphatic rings. The maximum Gasteiger partial charge on any atom is 0.347 e. The molecule has 90 valence electrons. The summed E-state index contributed by atoms with van der Waals surface area (Å²) < 4.78 is 0. The maximum absolute atomic E-state index is 11.5. The average Bonchev–Trinajstić information content (AvgIpc) is 2.29. The zero-order chi connectivity index (χ0) is 12.9. The third-order valence-corrected chi connectivity index (χ3v) is 2.05. The molecule has 0 amide bonds. The molecule has 1 aromatic carbocycles. The number of carbonyl (C=O) groups excluding carboxylic acids is 1. The molecule has 17 heavy (non-hydrogen) atoms. The Kier molecular flexibility index (Phi) is 4.24. The number of nitrogens with zero attached hydrogens (tertiary/aromatic N) is 1. The number of rotatable bonds is 3. The number of hydrogen-bond acceptors (Lipinski definition) is 4. The molecule has 4 nitrogen and oxygen atoms in total. The zero-order valence-electron chi connectivity index (χ0n) is 10.1. The molecule has 0 aromatic heterocycles.